The van der Waals surface area contributed by atoms with E-state index in [9.17, 15) is 15.2 Å². The zero-order chi connectivity index (χ0) is 14.0. The number of rotatable bonds is 3. The van der Waals surface area contributed by atoms with Gasteiger partial charge in [-0.25, -0.2) is 0 Å². The van der Waals surface area contributed by atoms with Gasteiger partial charge in [0.25, 0.3) is 5.69 Å². The topological polar surface area (TPSA) is 66.6 Å². The second kappa shape index (κ2) is 5.86. The predicted octanol–water partition coefficient (Wildman–Crippen LogP) is 2.45. The van der Waals surface area contributed by atoms with Crippen molar-refractivity contribution < 1.29 is 10.0 Å². The lowest BCUT2D eigenvalue weighted by molar-refractivity contribution is -0.385. The van der Waals surface area contributed by atoms with Gasteiger partial charge in [-0.05, 0) is 31.0 Å². The van der Waals surface area contributed by atoms with Crippen molar-refractivity contribution in [3.63, 3.8) is 0 Å². The molecule has 0 aliphatic carbocycles. The number of piperidine rings is 1. The van der Waals surface area contributed by atoms with Gasteiger partial charge in [-0.2, -0.15) is 0 Å². The molecule has 0 radical (unpaired) electrons. The molecule has 2 atom stereocenters. The van der Waals surface area contributed by atoms with Crippen molar-refractivity contribution in [1.29, 1.82) is 0 Å². The lowest BCUT2D eigenvalue weighted by Gasteiger charge is -2.34. The molecule has 0 saturated carbocycles. The smallest absolute Gasteiger partial charge is 0.273 e. The fraction of sp³-hybridized carbons (Fsp3) is 0.538. The van der Waals surface area contributed by atoms with Crippen molar-refractivity contribution in [2.45, 2.75) is 26.0 Å². The van der Waals surface area contributed by atoms with Gasteiger partial charge in [-0.3, -0.25) is 15.0 Å². The number of aliphatic hydroxyl groups is 1. The number of halogens is 1. The molecule has 104 valence electrons. The Labute approximate surface area is 116 Å². The minimum atomic E-state index is -0.394. The first-order valence-corrected chi connectivity index (χ1v) is 6.68. The summed E-state index contributed by atoms with van der Waals surface area (Å²) in [5.41, 5.74) is 0.678. The summed E-state index contributed by atoms with van der Waals surface area (Å²) in [5.74, 6) is 0.283. The maximum Gasteiger partial charge on any atom is 0.273 e. The Morgan fingerprint density at radius 3 is 2.95 bits per heavy atom. The quantitative estimate of drug-likeness (QED) is 0.684. The number of likely N-dealkylation sites (tertiary alicyclic amines) is 1. The molecule has 1 fully saturated rings. The van der Waals surface area contributed by atoms with Crippen molar-refractivity contribution in [3.8, 4) is 0 Å². The molecule has 1 aliphatic rings. The largest absolute Gasteiger partial charge is 0.392 e. The van der Waals surface area contributed by atoms with E-state index in [1.165, 1.54) is 12.1 Å². The van der Waals surface area contributed by atoms with Crippen LogP contribution in [0.3, 0.4) is 0 Å². The van der Waals surface area contributed by atoms with Crippen LogP contribution in [0.15, 0.2) is 18.2 Å². The van der Waals surface area contributed by atoms with Gasteiger partial charge in [-0.15, -0.1) is 0 Å². The van der Waals surface area contributed by atoms with Crippen LogP contribution >= 0.6 is 11.6 Å². The second-order valence-corrected chi connectivity index (χ2v) is 5.54. The summed E-state index contributed by atoms with van der Waals surface area (Å²) in [6.07, 6.45) is 0.530. The maximum atomic E-state index is 11.0. The van der Waals surface area contributed by atoms with Crippen molar-refractivity contribution in [2.75, 3.05) is 13.1 Å². The SMILES string of the molecule is CC1CCN(Cc2cc(Cl)ccc2[N+](=O)[O-])CC1O. The number of β-amino-alcohol motifs (C(OH)–C–C–N with tert-alkyl or cyclic N) is 1. The Hall–Kier alpha value is -1.17. The Morgan fingerprint density at radius 1 is 1.58 bits per heavy atom. The molecule has 1 aromatic rings. The third kappa shape index (κ3) is 3.43. The Bertz CT molecular complexity index is 481. The molecule has 1 saturated heterocycles. The minimum absolute atomic E-state index is 0.0810. The fourth-order valence-electron chi connectivity index (χ4n) is 2.36. The number of nitro benzene ring substituents is 1. The lowest BCUT2D eigenvalue weighted by atomic mass is 9.95. The Morgan fingerprint density at radius 2 is 2.32 bits per heavy atom. The number of benzene rings is 1. The molecule has 1 aliphatic heterocycles. The Kier molecular flexibility index (Phi) is 4.39. The van der Waals surface area contributed by atoms with Gasteiger partial charge < -0.3 is 5.11 Å². The van der Waals surface area contributed by atoms with Crippen molar-refractivity contribution in [3.05, 3.63) is 38.9 Å². The van der Waals surface area contributed by atoms with Crippen molar-refractivity contribution in [1.82, 2.24) is 4.90 Å². The lowest BCUT2D eigenvalue weighted by Crippen LogP contribution is -2.42. The van der Waals surface area contributed by atoms with E-state index in [1.54, 1.807) is 6.07 Å². The minimum Gasteiger partial charge on any atom is -0.392 e. The normalized spacial score (nSPS) is 24.4. The van der Waals surface area contributed by atoms with Gasteiger partial charge in [0, 0.05) is 29.7 Å². The van der Waals surface area contributed by atoms with Gasteiger partial charge in [0.2, 0.25) is 0 Å². The highest BCUT2D eigenvalue weighted by atomic mass is 35.5. The molecule has 1 N–H and O–H groups in total. The molecule has 0 spiro atoms. The number of aliphatic hydroxyl groups excluding tert-OH is 1. The Balaban J connectivity index is 2.14. The summed E-state index contributed by atoms with van der Waals surface area (Å²) in [6, 6.07) is 4.58. The molecular weight excluding hydrogens is 268 g/mol. The molecule has 2 unspecified atom stereocenters. The monoisotopic (exact) mass is 284 g/mol. The highest BCUT2D eigenvalue weighted by molar-refractivity contribution is 6.30. The van der Waals surface area contributed by atoms with Crippen LogP contribution in [0.1, 0.15) is 18.9 Å². The van der Waals surface area contributed by atoms with Crippen LogP contribution in [0, 0.1) is 16.0 Å². The zero-order valence-electron chi connectivity index (χ0n) is 10.8. The van der Waals surface area contributed by atoms with Crippen LogP contribution in [-0.4, -0.2) is 34.1 Å². The zero-order valence-corrected chi connectivity index (χ0v) is 11.5. The average molecular weight is 285 g/mol. The van der Waals surface area contributed by atoms with E-state index < -0.39 is 4.92 Å². The van der Waals surface area contributed by atoms with E-state index in [4.69, 9.17) is 11.6 Å². The first-order chi connectivity index (χ1) is 8.97. The number of hydrogen-bond acceptors (Lipinski definition) is 4. The van der Waals surface area contributed by atoms with E-state index in [-0.39, 0.29) is 17.7 Å². The molecule has 6 heteroatoms. The van der Waals surface area contributed by atoms with E-state index in [0.717, 1.165) is 13.0 Å². The molecule has 1 heterocycles. The molecule has 0 aromatic heterocycles. The molecule has 2 rings (SSSR count). The average Bonchev–Trinajstić information content (AvgIpc) is 2.33. The van der Waals surface area contributed by atoms with Gasteiger partial charge in [-0.1, -0.05) is 18.5 Å². The van der Waals surface area contributed by atoms with Gasteiger partial charge >= 0.3 is 0 Å². The highest BCUT2D eigenvalue weighted by Gasteiger charge is 2.26. The van der Waals surface area contributed by atoms with Crippen LogP contribution in [0.5, 0.6) is 0 Å². The summed E-state index contributed by atoms with van der Waals surface area (Å²) < 4.78 is 0. The van der Waals surface area contributed by atoms with Crippen LogP contribution in [0.2, 0.25) is 5.02 Å². The van der Waals surface area contributed by atoms with Gasteiger partial charge in [0.1, 0.15) is 0 Å². The van der Waals surface area contributed by atoms with Crippen LogP contribution in [0.25, 0.3) is 0 Å². The van der Waals surface area contributed by atoms with Crippen LogP contribution in [-0.2, 0) is 6.54 Å². The summed E-state index contributed by atoms with van der Waals surface area (Å²) in [7, 11) is 0. The maximum absolute atomic E-state index is 11.0. The van der Waals surface area contributed by atoms with E-state index in [1.807, 2.05) is 11.8 Å². The molecule has 0 amide bonds. The molecule has 0 bridgehead atoms. The van der Waals surface area contributed by atoms with Crippen LogP contribution < -0.4 is 0 Å². The summed E-state index contributed by atoms with van der Waals surface area (Å²) in [5, 5.41) is 21.3. The fourth-order valence-corrected chi connectivity index (χ4v) is 2.55. The number of nitrogens with zero attached hydrogens (tertiary/aromatic N) is 2. The molecule has 1 aromatic carbocycles. The van der Waals surface area contributed by atoms with Crippen molar-refractivity contribution >= 4 is 17.3 Å². The molecular formula is C13H17ClN2O3. The summed E-state index contributed by atoms with van der Waals surface area (Å²) in [4.78, 5) is 12.6. The summed E-state index contributed by atoms with van der Waals surface area (Å²) in [6.45, 7) is 3.84. The van der Waals surface area contributed by atoms with Gasteiger partial charge in [0.05, 0.1) is 11.0 Å². The summed E-state index contributed by atoms with van der Waals surface area (Å²) >= 11 is 5.90. The van der Waals surface area contributed by atoms with Crippen LogP contribution in [0.4, 0.5) is 5.69 Å². The first kappa shape index (κ1) is 14.2. The predicted molar refractivity (Wildman–Crippen MR) is 73.2 cm³/mol. The van der Waals surface area contributed by atoms with E-state index in [0.29, 0.717) is 23.7 Å². The molecule has 19 heavy (non-hydrogen) atoms. The molecule has 5 nitrogen and oxygen atoms in total. The van der Waals surface area contributed by atoms with E-state index in [2.05, 4.69) is 0 Å². The number of hydrogen-bond donors (Lipinski definition) is 1. The third-order valence-corrected chi connectivity index (χ3v) is 3.87. The first-order valence-electron chi connectivity index (χ1n) is 6.30. The van der Waals surface area contributed by atoms with Crippen molar-refractivity contribution in [2.24, 2.45) is 5.92 Å². The van der Waals surface area contributed by atoms with Gasteiger partial charge in [0.15, 0.2) is 0 Å². The van der Waals surface area contributed by atoms with E-state index >= 15 is 0 Å². The second-order valence-electron chi connectivity index (χ2n) is 5.10. The number of nitro groups is 1. The highest BCUT2D eigenvalue weighted by Crippen LogP contribution is 2.26. The third-order valence-electron chi connectivity index (χ3n) is 3.63. The standard InChI is InChI=1S/C13H17ClN2O3/c1-9-4-5-15(8-13(9)17)7-10-6-11(14)2-3-12(10)16(18)19/h2-3,6,9,13,17H,4-5,7-8H2,1H3.